The Morgan fingerprint density at radius 2 is 1.50 bits per heavy atom. The van der Waals surface area contributed by atoms with Crippen molar-refractivity contribution in [2.24, 2.45) is 7.05 Å². The number of nitrogens with zero attached hydrogens (tertiary/aromatic N) is 2. The highest BCUT2D eigenvalue weighted by atomic mass is 19.1. The van der Waals surface area contributed by atoms with E-state index in [4.69, 9.17) is 0 Å². The standard InChI is InChI=1S/C21H19FN2/c1-14-7-9-20-18(11-14)19-13-17(8-10-21(19)24(20)3)23(2)16-6-4-5-15(22)12-16/h4-13H,1-3H3. The van der Waals surface area contributed by atoms with E-state index in [-0.39, 0.29) is 5.82 Å². The van der Waals surface area contributed by atoms with Crippen molar-refractivity contribution in [3.63, 3.8) is 0 Å². The van der Waals surface area contributed by atoms with Crippen molar-refractivity contribution >= 4 is 33.2 Å². The second-order valence-corrected chi connectivity index (χ2v) is 6.32. The lowest BCUT2D eigenvalue weighted by Crippen LogP contribution is -2.09. The lowest BCUT2D eigenvalue weighted by atomic mass is 10.1. The van der Waals surface area contributed by atoms with Crippen LogP contribution in [0.5, 0.6) is 0 Å². The second kappa shape index (κ2) is 5.38. The van der Waals surface area contributed by atoms with Crippen LogP contribution in [-0.2, 0) is 7.05 Å². The van der Waals surface area contributed by atoms with Gasteiger partial charge in [0.1, 0.15) is 5.82 Å². The number of rotatable bonds is 2. The third-order valence-electron chi connectivity index (χ3n) is 4.73. The second-order valence-electron chi connectivity index (χ2n) is 6.32. The molecule has 0 fully saturated rings. The van der Waals surface area contributed by atoms with Gasteiger partial charge in [0.2, 0.25) is 0 Å². The fraction of sp³-hybridized carbons (Fsp3) is 0.143. The maximum Gasteiger partial charge on any atom is 0.125 e. The van der Waals surface area contributed by atoms with Gasteiger partial charge < -0.3 is 9.47 Å². The first-order chi connectivity index (χ1) is 11.5. The molecule has 1 heterocycles. The molecule has 0 spiro atoms. The summed E-state index contributed by atoms with van der Waals surface area (Å²) in [5.74, 6) is -0.221. The minimum absolute atomic E-state index is 0.221. The van der Waals surface area contributed by atoms with Crippen LogP contribution < -0.4 is 4.90 Å². The van der Waals surface area contributed by atoms with E-state index >= 15 is 0 Å². The molecule has 0 saturated heterocycles. The summed E-state index contributed by atoms with van der Waals surface area (Å²) in [4.78, 5) is 2.01. The fourth-order valence-corrected chi connectivity index (χ4v) is 3.36. The molecule has 3 heteroatoms. The molecule has 24 heavy (non-hydrogen) atoms. The third-order valence-corrected chi connectivity index (χ3v) is 4.73. The fourth-order valence-electron chi connectivity index (χ4n) is 3.36. The summed E-state index contributed by atoms with van der Waals surface area (Å²) < 4.78 is 15.7. The van der Waals surface area contributed by atoms with Crippen LogP contribution >= 0.6 is 0 Å². The zero-order valence-corrected chi connectivity index (χ0v) is 14.0. The predicted octanol–water partition coefficient (Wildman–Crippen LogP) is 5.55. The van der Waals surface area contributed by atoms with Crippen LogP contribution in [-0.4, -0.2) is 11.6 Å². The summed E-state index contributed by atoms with van der Waals surface area (Å²) in [6, 6.07) is 19.6. The number of benzene rings is 3. The van der Waals surface area contributed by atoms with Gasteiger partial charge in [-0.3, -0.25) is 0 Å². The molecular formula is C21H19FN2. The van der Waals surface area contributed by atoms with Crippen molar-refractivity contribution in [3.8, 4) is 0 Å². The van der Waals surface area contributed by atoms with E-state index < -0.39 is 0 Å². The third kappa shape index (κ3) is 2.24. The summed E-state index contributed by atoms with van der Waals surface area (Å²) in [5.41, 5.74) is 5.56. The molecule has 0 N–H and O–H groups in total. The average Bonchev–Trinajstić information content (AvgIpc) is 2.86. The summed E-state index contributed by atoms with van der Waals surface area (Å²) in [6.07, 6.45) is 0. The van der Waals surface area contributed by atoms with Crippen molar-refractivity contribution < 1.29 is 4.39 Å². The highest BCUT2D eigenvalue weighted by Crippen LogP contribution is 2.33. The van der Waals surface area contributed by atoms with Crippen molar-refractivity contribution in [3.05, 3.63) is 72.0 Å². The highest BCUT2D eigenvalue weighted by molar-refractivity contribution is 6.09. The molecule has 0 aliphatic carbocycles. The van der Waals surface area contributed by atoms with Crippen LogP contribution in [0.1, 0.15) is 5.56 Å². The zero-order chi connectivity index (χ0) is 16.8. The van der Waals surface area contributed by atoms with Gasteiger partial charge in [-0.15, -0.1) is 0 Å². The summed E-state index contributed by atoms with van der Waals surface area (Å²) in [6.45, 7) is 2.11. The predicted molar refractivity (Wildman–Crippen MR) is 99.6 cm³/mol. The number of fused-ring (bicyclic) bond motifs is 3. The quantitative estimate of drug-likeness (QED) is 0.470. The van der Waals surface area contributed by atoms with Crippen LogP contribution in [0, 0.1) is 12.7 Å². The zero-order valence-electron chi connectivity index (χ0n) is 14.0. The van der Waals surface area contributed by atoms with Crippen molar-refractivity contribution in [1.82, 2.24) is 4.57 Å². The van der Waals surface area contributed by atoms with Crippen molar-refractivity contribution in [2.75, 3.05) is 11.9 Å². The smallest absolute Gasteiger partial charge is 0.125 e. The molecule has 4 rings (SSSR count). The van der Waals surface area contributed by atoms with Gasteiger partial charge in [-0.25, -0.2) is 4.39 Å². The average molecular weight is 318 g/mol. The molecule has 0 aliphatic heterocycles. The molecule has 0 radical (unpaired) electrons. The van der Waals surface area contributed by atoms with Gasteiger partial charge in [0.15, 0.2) is 0 Å². The molecular weight excluding hydrogens is 299 g/mol. The molecule has 0 aliphatic rings. The van der Waals surface area contributed by atoms with Crippen LogP contribution in [0.25, 0.3) is 21.8 Å². The lowest BCUT2D eigenvalue weighted by Gasteiger charge is -2.19. The Morgan fingerprint density at radius 1 is 0.833 bits per heavy atom. The monoisotopic (exact) mass is 318 g/mol. The van der Waals surface area contributed by atoms with E-state index in [1.165, 1.54) is 33.4 Å². The van der Waals surface area contributed by atoms with E-state index in [9.17, 15) is 4.39 Å². The lowest BCUT2D eigenvalue weighted by molar-refractivity contribution is 0.628. The van der Waals surface area contributed by atoms with Gasteiger partial charge in [0, 0.05) is 47.3 Å². The molecule has 0 amide bonds. The largest absolute Gasteiger partial charge is 0.345 e. The SMILES string of the molecule is Cc1ccc2c(c1)c1cc(N(C)c3cccc(F)c3)ccc1n2C. The van der Waals surface area contributed by atoms with E-state index in [2.05, 4.69) is 54.9 Å². The molecule has 0 atom stereocenters. The Morgan fingerprint density at radius 3 is 2.25 bits per heavy atom. The van der Waals surface area contributed by atoms with Gasteiger partial charge >= 0.3 is 0 Å². The van der Waals surface area contributed by atoms with Crippen LogP contribution in [0.15, 0.2) is 60.7 Å². The van der Waals surface area contributed by atoms with E-state index in [0.29, 0.717) is 0 Å². The molecule has 3 aromatic carbocycles. The Hall–Kier alpha value is -2.81. The van der Waals surface area contributed by atoms with Gasteiger partial charge in [0.05, 0.1) is 0 Å². The summed E-state index contributed by atoms with van der Waals surface area (Å²) in [5, 5.41) is 2.47. The molecule has 1 aromatic heterocycles. The number of hydrogen-bond donors (Lipinski definition) is 0. The Labute approximate surface area is 140 Å². The Kier molecular flexibility index (Phi) is 3.31. The topological polar surface area (TPSA) is 8.17 Å². The number of aromatic nitrogens is 1. The van der Waals surface area contributed by atoms with Crippen LogP contribution in [0.2, 0.25) is 0 Å². The Bertz CT molecular complexity index is 1060. The molecule has 0 unspecified atom stereocenters. The number of halogens is 1. The van der Waals surface area contributed by atoms with Gasteiger partial charge in [-0.05, 0) is 55.5 Å². The maximum atomic E-state index is 13.5. The first-order valence-electron chi connectivity index (χ1n) is 8.03. The maximum absolute atomic E-state index is 13.5. The molecule has 0 bridgehead atoms. The van der Waals surface area contributed by atoms with Crippen LogP contribution in [0.3, 0.4) is 0 Å². The van der Waals surface area contributed by atoms with E-state index in [1.807, 2.05) is 18.0 Å². The number of hydrogen-bond acceptors (Lipinski definition) is 1. The van der Waals surface area contributed by atoms with Crippen molar-refractivity contribution in [2.45, 2.75) is 6.92 Å². The van der Waals surface area contributed by atoms with Crippen LogP contribution in [0.4, 0.5) is 15.8 Å². The normalized spacial score (nSPS) is 11.3. The summed E-state index contributed by atoms with van der Waals surface area (Å²) in [7, 11) is 4.06. The van der Waals surface area contributed by atoms with Gasteiger partial charge in [0.25, 0.3) is 0 Å². The molecule has 2 nitrogen and oxygen atoms in total. The molecule has 0 saturated carbocycles. The van der Waals surface area contributed by atoms with E-state index in [0.717, 1.165) is 11.4 Å². The van der Waals surface area contributed by atoms with Gasteiger partial charge in [-0.1, -0.05) is 17.7 Å². The highest BCUT2D eigenvalue weighted by Gasteiger charge is 2.11. The molecule has 120 valence electrons. The van der Waals surface area contributed by atoms with Crippen molar-refractivity contribution in [1.29, 1.82) is 0 Å². The number of anilines is 2. The van der Waals surface area contributed by atoms with E-state index in [1.54, 1.807) is 12.1 Å². The first-order valence-corrected chi connectivity index (χ1v) is 8.03. The summed E-state index contributed by atoms with van der Waals surface area (Å²) >= 11 is 0. The molecule has 4 aromatic rings. The first kappa shape index (κ1) is 14.8. The Balaban J connectivity index is 1.91. The minimum atomic E-state index is -0.221. The number of aryl methyl sites for hydroxylation is 2. The van der Waals surface area contributed by atoms with Gasteiger partial charge in [-0.2, -0.15) is 0 Å². The minimum Gasteiger partial charge on any atom is -0.345 e.